The monoisotopic (exact) mass is 366 g/mol. The molecular formula is C21H26N4O2. The molecule has 1 fully saturated rings. The normalized spacial score (nSPS) is 14.1. The van der Waals surface area contributed by atoms with E-state index < -0.39 is 6.03 Å². The van der Waals surface area contributed by atoms with Crippen molar-refractivity contribution < 1.29 is 9.59 Å². The Hall–Kier alpha value is -3.02. The van der Waals surface area contributed by atoms with Gasteiger partial charge in [0.1, 0.15) is 0 Å². The third kappa shape index (κ3) is 4.39. The number of anilines is 1. The summed E-state index contributed by atoms with van der Waals surface area (Å²) in [5.74, 6) is 0.0463. The highest BCUT2D eigenvalue weighted by Crippen LogP contribution is 2.24. The van der Waals surface area contributed by atoms with Crippen molar-refractivity contribution in [3.05, 3.63) is 64.7 Å². The molecule has 0 spiro atoms. The summed E-state index contributed by atoms with van der Waals surface area (Å²) in [7, 11) is 0. The van der Waals surface area contributed by atoms with Gasteiger partial charge in [0.05, 0.1) is 0 Å². The first-order valence-corrected chi connectivity index (χ1v) is 9.18. The number of carbonyl (C=O) groups excluding carboxylic acids is 2. The van der Waals surface area contributed by atoms with Crippen molar-refractivity contribution >= 4 is 17.6 Å². The molecule has 0 saturated carbocycles. The number of piperazine rings is 1. The van der Waals surface area contributed by atoms with Crippen molar-refractivity contribution in [3.8, 4) is 0 Å². The molecule has 1 aliphatic rings. The van der Waals surface area contributed by atoms with Crippen LogP contribution in [-0.4, -0.2) is 43.0 Å². The van der Waals surface area contributed by atoms with E-state index in [4.69, 9.17) is 5.73 Å². The molecule has 27 heavy (non-hydrogen) atoms. The molecular weight excluding hydrogens is 340 g/mol. The standard InChI is InChI=1S/C21H26N4O2/c1-15-4-3-5-19(16(15)2)24-10-12-25(13-11-24)20(26)18-8-6-17(7-9-18)14-23-21(22)27/h3-9H,10-14H2,1-2H3,(H3,22,23,27). The molecule has 3 N–H and O–H groups in total. The van der Waals surface area contributed by atoms with Crippen LogP contribution in [0.2, 0.25) is 0 Å². The van der Waals surface area contributed by atoms with E-state index in [1.165, 1.54) is 16.8 Å². The first-order chi connectivity index (χ1) is 13.0. The maximum absolute atomic E-state index is 12.8. The van der Waals surface area contributed by atoms with Gasteiger partial charge >= 0.3 is 6.03 Å². The molecule has 0 bridgehead atoms. The van der Waals surface area contributed by atoms with Crippen molar-refractivity contribution in [2.75, 3.05) is 31.1 Å². The van der Waals surface area contributed by atoms with Gasteiger partial charge in [-0.15, -0.1) is 0 Å². The van der Waals surface area contributed by atoms with Gasteiger partial charge in [-0.05, 0) is 48.7 Å². The fraction of sp³-hybridized carbons (Fsp3) is 0.333. The Morgan fingerprint density at radius 1 is 1.00 bits per heavy atom. The second-order valence-corrected chi connectivity index (χ2v) is 6.91. The van der Waals surface area contributed by atoms with Crippen LogP contribution in [0.1, 0.15) is 27.0 Å². The quantitative estimate of drug-likeness (QED) is 0.872. The summed E-state index contributed by atoms with van der Waals surface area (Å²) in [5.41, 5.74) is 10.5. The van der Waals surface area contributed by atoms with E-state index in [1.807, 2.05) is 17.0 Å². The molecule has 6 heteroatoms. The molecule has 2 aromatic carbocycles. The Balaban J connectivity index is 1.60. The second-order valence-electron chi connectivity index (χ2n) is 6.91. The predicted molar refractivity (Wildman–Crippen MR) is 107 cm³/mol. The van der Waals surface area contributed by atoms with Gasteiger partial charge in [0.15, 0.2) is 0 Å². The van der Waals surface area contributed by atoms with Crippen molar-refractivity contribution in [1.29, 1.82) is 0 Å². The van der Waals surface area contributed by atoms with Crippen LogP contribution in [0.4, 0.5) is 10.5 Å². The van der Waals surface area contributed by atoms with E-state index in [0.717, 1.165) is 18.7 Å². The highest BCUT2D eigenvalue weighted by atomic mass is 16.2. The maximum atomic E-state index is 12.8. The number of nitrogens with two attached hydrogens (primary N) is 1. The SMILES string of the molecule is Cc1cccc(N2CCN(C(=O)c3ccc(CNC(N)=O)cc3)CC2)c1C. The first kappa shape index (κ1) is 18.8. The van der Waals surface area contributed by atoms with Crippen LogP contribution in [0.5, 0.6) is 0 Å². The average molecular weight is 366 g/mol. The van der Waals surface area contributed by atoms with Crippen molar-refractivity contribution in [1.82, 2.24) is 10.2 Å². The van der Waals surface area contributed by atoms with Gasteiger partial charge in [-0.25, -0.2) is 4.79 Å². The van der Waals surface area contributed by atoms with Gasteiger partial charge in [0.2, 0.25) is 0 Å². The van der Waals surface area contributed by atoms with Crippen LogP contribution >= 0.6 is 0 Å². The molecule has 0 unspecified atom stereocenters. The minimum absolute atomic E-state index is 0.0463. The van der Waals surface area contributed by atoms with Crippen LogP contribution in [0.15, 0.2) is 42.5 Å². The molecule has 0 aromatic heterocycles. The van der Waals surface area contributed by atoms with Gasteiger partial charge in [-0.3, -0.25) is 4.79 Å². The van der Waals surface area contributed by atoms with E-state index >= 15 is 0 Å². The maximum Gasteiger partial charge on any atom is 0.312 e. The van der Waals surface area contributed by atoms with E-state index in [-0.39, 0.29) is 5.91 Å². The lowest BCUT2D eigenvalue weighted by atomic mass is 10.1. The number of primary amides is 1. The van der Waals surface area contributed by atoms with Crippen LogP contribution in [0.25, 0.3) is 0 Å². The Labute approximate surface area is 159 Å². The van der Waals surface area contributed by atoms with Crippen LogP contribution in [0.3, 0.4) is 0 Å². The zero-order valence-electron chi connectivity index (χ0n) is 15.9. The Morgan fingerprint density at radius 3 is 2.30 bits per heavy atom. The fourth-order valence-electron chi connectivity index (χ4n) is 3.37. The van der Waals surface area contributed by atoms with Gasteiger partial charge in [0, 0.05) is 44.0 Å². The number of nitrogens with one attached hydrogen (secondary N) is 1. The highest BCUT2D eigenvalue weighted by molar-refractivity contribution is 5.94. The smallest absolute Gasteiger partial charge is 0.312 e. The van der Waals surface area contributed by atoms with Crippen LogP contribution in [-0.2, 0) is 6.54 Å². The van der Waals surface area contributed by atoms with Crippen LogP contribution in [0, 0.1) is 13.8 Å². The number of benzene rings is 2. The molecule has 1 aliphatic heterocycles. The molecule has 3 rings (SSSR count). The lowest BCUT2D eigenvalue weighted by molar-refractivity contribution is 0.0746. The van der Waals surface area contributed by atoms with Crippen LogP contribution < -0.4 is 16.0 Å². The average Bonchev–Trinajstić information content (AvgIpc) is 2.68. The van der Waals surface area contributed by atoms with Gasteiger partial charge < -0.3 is 20.9 Å². The number of carbonyl (C=O) groups is 2. The summed E-state index contributed by atoms with van der Waals surface area (Å²) in [4.78, 5) is 27.8. The molecule has 142 valence electrons. The van der Waals surface area contributed by atoms with Gasteiger partial charge in [-0.1, -0.05) is 24.3 Å². The summed E-state index contributed by atoms with van der Waals surface area (Å²) in [6.45, 7) is 7.71. The Kier molecular flexibility index (Phi) is 5.64. The lowest BCUT2D eigenvalue weighted by Gasteiger charge is -2.37. The Bertz CT molecular complexity index is 825. The van der Waals surface area contributed by atoms with E-state index in [2.05, 4.69) is 42.3 Å². The Morgan fingerprint density at radius 2 is 1.67 bits per heavy atom. The summed E-state index contributed by atoms with van der Waals surface area (Å²) < 4.78 is 0. The number of urea groups is 1. The minimum Gasteiger partial charge on any atom is -0.368 e. The van der Waals surface area contributed by atoms with Gasteiger partial charge in [0.25, 0.3) is 5.91 Å². The highest BCUT2D eigenvalue weighted by Gasteiger charge is 2.23. The number of rotatable bonds is 4. The molecule has 1 heterocycles. The largest absolute Gasteiger partial charge is 0.368 e. The third-order valence-electron chi connectivity index (χ3n) is 5.15. The summed E-state index contributed by atoms with van der Waals surface area (Å²) in [5, 5.41) is 2.54. The number of aryl methyl sites for hydroxylation is 1. The van der Waals surface area contributed by atoms with E-state index in [1.54, 1.807) is 12.1 Å². The molecule has 0 radical (unpaired) electrons. The molecule has 6 nitrogen and oxygen atoms in total. The number of amides is 3. The molecule has 3 amide bonds. The topological polar surface area (TPSA) is 78.7 Å². The first-order valence-electron chi connectivity index (χ1n) is 9.18. The van der Waals surface area contributed by atoms with Gasteiger partial charge in [-0.2, -0.15) is 0 Å². The zero-order chi connectivity index (χ0) is 19.4. The minimum atomic E-state index is -0.558. The van der Waals surface area contributed by atoms with Crippen molar-refractivity contribution in [3.63, 3.8) is 0 Å². The van der Waals surface area contributed by atoms with Crippen molar-refractivity contribution in [2.24, 2.45) is 5.73 Å². The summed E-state index contributed by atoms with van der Waals surface area (Å²) in [6.07, 6.45) is 0. The van der Waals surface area contributed by atoms with E-state index in [0.29, 0.717) is 25.2 Å². The second kappa shape index (κ2) is 8.12. The zero-order valence-corrected chi connectivity index (χ0v) is 15.9. The number of nitrogens with zero attached hydrogens (tertiary/aromatic N) is 2. The lowest BCUT2D eigenvalue weighted by Crippen LogP contribution is -2.49. The number of hydrogen-bond acceptors (Lipinski definition) is 3. The predicted octanol–water partition coefficient (Wildman–Crippen LogP) is 2.43. The number of hydrogen-bond donors (Lipinski definition) is 2. The molecule has 1 saturated heterocycles. The molecule has 2 aromatic rings. The summed E-state index contributed by atoms with van der Waals surface area (Å²) in [6, 6.07) is 13.1. The van der Waals surface area contributed by atoms with Crippen molar-refractivity contribution in [2.45, 2.75) is 20.4 Å². The molecule has 0 aliphatic carbocycles. The summed E-state index contributed by atoms with van der Waals surface area (Å²) >= 11 is 0. The third-order valence-corrected chi connectivity index (χ3v) is 5.15. The fourth-order valence-corrected chi connectivity index (χ4v) is 3.37. The van der Waals surface area contributed by atoms with E-state index in [9.17, 15) is 9.59 Å². The molecule has 0 atom stereocenters.